The molecule has 3 aliphatic rings. The Bertz CT molecular complexity index is 2080. The summed E-state index contributed by atoms with van der Waals surface area (Å²) in [6, 6.07) is 11.0. The van der Waals surface area contributed by atoms with Gasteiger partial charge in [0.25, 0.3) is 5.91 Å². The van der Waals surface area contributed by atoms with Crippen molar-refractivity contribution in [3.8, 4) is 28.6 Å². The molecule has 2 fully saturated rings. The van der Waals surface area contributed by atoms with E-state index in [-0.39, 0.29) is 36.9 Å². The van der Waals surface area contributed by atoms with Crippen LogP contribution in [0.25, 0.3) is 33.4 Å². The molecule has 3 aromatic heterocycles. The highest BCUT2D eigenvalue weighted by molar-refractivity contribution is 7.10. The van der Waals surface area contributed by atoms with Crippen LogP contribution in [0.1, 0.15) is 75.7 Å². The van der Waals surface area contributed by atoms with Gasteiger partial charge in [-0.05, 0) is 75.8 Å². The minimum atomic E-state index is -0.931. The van der Waals surface area contributed by atoms with Gasteiger partial charge in [-0.3, -0.25) is 24.4 Å². The van der Waals surface area contributed by atoms with Gasteiger partial charge in [-0.25, -0.2) is 10.4 Å². The number of aryl methyl sites for hydroxylation is 1. The molecule has 2 aliphatic heterocycles. The second-order valence-corrected chi connectivity index (χ2v) is 16.1. The van der Waals surface area contributed by atoms with Crippen LogP contribution in [0, 0.1) is 28.6 Å². The summed E-state index contributed by atoms with van der Waals surface area (Å²) < 4.78 is 14.1. The number of fused-ring (bicyclic) bond motifs is 6. The highest BCUT2D eigenvalue weighted by atomic mass is 32.1. The van der Waals surface area contributed by atoms with E-state index < -0.39 is 29.4 Å². The maximum Gasteiger partial charge on any atom is 0.324 e. The summed E-state index contributed by atoms with van der Waals surface area (Å²) >= 11 is 1.44. The number of nitriles is 1. The number of hydrogen-bond acceptors (Lipinski definition) is 10. The average Bonchev–Trinajstić information content (AvgIpc) is 3.74. The molecule has 5 heterocycles. The first-order valence-electron chi connectivity index (χ1n) is 18.5. The molecule has 2 N–H and O–H groups in total. The van der Waals surface area contributed by atoms with E-state index in [1.54, 1.807) is 13.3 Å². The lowest BCUT2D eigenvalue weighted by Gasteiger charge is -2.36. The van der Waals surface area contributed by atoms with Gasteiger partial charge in [0.1, 0.15) is 12.1 Å². The van der Waals surface area contributed by atoms with E-state index in [4.69, 9.17) is 19.4 Å². The van der Waals surface area contributed by atoms with E-state index in [0.29, 0.717) is 43.7 Å². The number of methoxy groups -OCH3 is 1. The number of carbonyl (C=O) groups excluding carboxylic acids is 3. The van der Waals surface area contributed by atoms with Gasteiger partial charge in [0.15, 0.2) is 0 Å². The van der Waals surface area contributed by atoms with Crippen molar-refractivity contribution in [2.75, 3.05) is 20.3 Å². The van der Waals surface area contributed by atoms with Crippen molar-refractivity contribution in [1.29, 1.82) is 5.26 Å². The Morgan fingerprint density at radius 3 is 2.81 bits per heavy atom. The summed E-state index contributed by atoms with van der Waals surface area (Å²) in [4.78, 5) is 50.9. The number of esters is 1. The van der Waals surface area contributed by atoms with E-state index in [2.05, 4.69) is 66.4 Å². The molecule has 7 rings (SSSR count). The summed E-state index contributed by atoms with van der Waals surface area (Å²) in [5.41, 5.74) is 9.47. The Balaban J connectivity index is 1.34. The number of carbonyl (C=O) groups is 3. The number of amides is 2. The molecule has 0 spiro atoms. The van der Waals surface area contributed by atoms with Gasteiger partial charge >= 0.3 is 5.97 Å². The van der Waals surface area contributed by atoms with Crippen molar-refractivity contribution >= 4 is 40.0 Å². The molecule has 1 aliphatic carbocycles. The van der Waals surface area contributed by atoms with Gasteiger partial charge in [-0.2, -0.15) is 5.26 Å². The first-order valence-corrected chi connectivity index (χ1v) is 19.4. The van der Waals surface area contributed by atoms with Gasteiger partial charge in [-0.15, -0.1) is 11.3 Å². The fourth-order valence-corrected chi connectivity index (χ4v) is 8.66. The molecule has 0 radical (unpaired) electrons. The average molecular weight is 738 g/mol. The van der Waals surface area contributed by atoms with Crippen LogP contribution in [0.5, 0.6) is 0 Å². The monoisotopic (exact) mass is 737 g/mol. The molecule has 2 unspecified atom stereocenters. The first-order chi connectivity index (χ1) is 25.5. The van der Waals surface area contributed by atoms with Crippen molar-refractivity contribution < 1.29 is 23.9 Å². The topological polar surface area (TPSA) is 151 Å². The molecule has 12 nitrogen and oxygen atoms in total. The number of hydrogen-bond donors (Lipinski definition) is 2. The zero-order chi connectivity index (χ0) is 37.4. The number of cyclic esters (lactones) is 1. The van der Waals surface area contributed by atoms with Crippen molar-refractivity contribution in [2.24, 2.45) is 17.3 Å². The maximum absolute atomic E-state index is 14.1. The third kappa shape index (κ3) is 7.20. The summed E-state index contributed by atoms with van der Waals surface area (Å²) in [6.45, 7) is 9.61. The smallest absolute Gasteiger partial charge is 0.324 e. The van der Waals surface area contributed by atoms with E-state index in [1.165, 1.54) is 16.3 Å². The van der Waals surface area contributed by atoms with Crippen LogP contribution in [-0.4, -0.2) is 69.7 Å². The fourth-order valence-electron chi connectivity index (χ4n) is 7.81. The Kier molecular flexibility index (Phi) is 10.4. The molecule has 4 aromatic rings. The van der Waals surface area contributed by atoms with Crippen LogP contribution >= 0.6 is 11.3 Å². The SMILES string of the molecule is CCn1c(-c2cccnc2[C@H](C)OC)c2c3cc(ccc31)-c1csc(n1)C[C@H](NC(=O)C1CCC1C#N)C(=O)N1CCC[C@H](N1)C(=O)OCC(C)(C)C2. The number of nitrogens with zero attached hydrogens (tertiary/aromatic N) is 5. The zero-order valence-electron chi connectivity index (χ0n) is 31.0. The van der Waals surface area contributed by atoms with E-state index >= 15 is 0 Å². The molecule has 2 amide bonds. The van der Waals surface area contributed by atoms with Crippen LogP contribution < -0.4 is 10.7 Å². The lowest BCUT2D eigenvalue weighted by molar-refractivity contribution is -0.155. The van der Waals surface area contributed by atoms with Gasteiger partial charge in [0, 0.05) is 65.6 Å². The maximum atomic E-state index is 14.1. The number of benzene rings is 1. The van der Waals surface area contributed by atoms with Gasteiger partial charge in [0.05, 0.1) is 52.7 Å². The zero-order valence-corrected chi connectivity index (χ0v) is 31.8. The molecule has 13 heteroatoms. The molecule has 1 aromatic carbocycles. The normalized spacial score (nSPS) is 23.7. The lowest BCUT2D eigenvalue weighted by Crippen LogP contribution is -2.61. The van der Waals surface area contributed by atoms with E-state index in [0.717, 1.165) is 51.2 Å². The lowest BCUT2D eigenvalue weighted by atomic mass is 9.74. The third-order valence-electron chi connectivity index (χ3n) is 10.9. The van der Waals surface area contributed by atoms with Gasteiger partial charge in [0.2, 0.25) is 5.91 Å². The van der Waals surface area contributed by atoms with Crippen LogP contribution in [0.3, 0.4) is 0 Å². The fraction of sp³-hybridized carbons (Fsp3) is 0.500. The Morgan fingerprint density at radius 1 is 1.25 bits per heavy atom. The minimum absolute atomic E-state index is 0.167. The number of aromatic nitrogens is 3. The van der Waals surface area contributed by atoms with E-state index in [9.17, 15) is 19.6 Å². The van der Waals surface area contributed by atoms with Crippen molar-refractivity contribution in [1.82, 2.24) is 30.3 Å². The van der Waals surface area contributed by atoms with Crippen molar-refractivity contribution in [3.63, 3.8) is 0 Å². The van der Waals surface area contributed by atoms with Crippen molar-refractivity contribution in [3.05, 3.63) is 58.2 Å². The Labute approximate surface area is 313 Å². The standard InChI is InChI=1S/C40H47N7O5S/c1-6-46-33-14-12-24-17-28(33)29(36(46)27-9-7-15-42-35(27)23(2)51-5)19-40(3,4)22-52-39(50)30-10-8-16-47(45-30)38(49)31(18-34-43-32(24)21-53-34)44-37(48)26-13-11-25(26)20-41/h7,9,12,14-15,17,21,23,25-26,30-31,45H,6,8,10-11,13,16,18-19,22H2,1-5H3,(H,44,48)/t23-,25?,26?,30-,31-/m0/s1. The number of ether oxygens (including phenoxy) is 2. The Morgan fingerprint density at radius 2 is 2.08 bits per heavy atom. The van der Waals surface area contributed by atoms with E-state index in [1.807, 2.05) is 18.4 Å². The molecular formula is C40H47N7O5S. The first kappa shape index (κ1) is 36.7. The second-order valence-electron chi connectivity index (χ2n) is 15.2. The number of hydrazine groups is 1. The molecule has 1 saturated carbocycles. The molecule has 1 saturated heterocycles. The molecular weight excluding hydrogens is 691 g/mol. The third-order valence-corrected chi connectivity index (χ3v) is 11.8. The molecule has 6 bridgehead atoms. The molecule has 5 atom stereocenters. The summed E-state index contributed by atoms with van der Waals surface area (Å²) in [6.07, 6.45) is 4.73. The quantitative estimate of drug-likeness (QED) is 0.236. The van der Waals surface area contributed by atoms with Crippen LogP contribution in [-0.2, 0) is 43.2 Å². The van der Waals surface area contributed by atoms with Crippen LogP contribution in [0.15, 0.2) is 41.9 Å². The van der Waals surface area contributed by atoms with Gasteiger partial charge < -0.3 is 19.4 Å². The van der Waals surface area contributed by atoms with Crippen molar-refractivity contribution in [2.45, 2.75) is 91.0 Å². The number of pyridine rings is 1. The molecule has 278 valence electrons. The predicted molar refractivity (Wildman–Crippen MR) is 201 cm³/mol. The van der Waals surface area contributed by atoms with Crippen LogP contribution in [0.2, 0.25) is 0 Å². The summed E-state index contributed by atoms with van der Waals surface area (Å²) in [5.74, 6) is -1.88. The summed E-state index contributed by atoms with van der Waals surface area (Å²) in [7, 11) is 1.69. The highest BCUT2D eigenvalue weighted by Crippen LogP contribution is 2.42. The predicted octanol–water partition coefficient (Wildman–Crippen LogP) is 5.75. The van der Waals surface area contributed by atoms with Gasteiger partial charge in [-0.1, -0.05) is 19.9 Å². The minimum Gasteiger partial charge on any atom is -0.464 e. The number of nitrogens with one attached hydrogen (secondary N) is 2. The number of rotatable bonds is 6. The summed E-state index contributed by atoms with van der Waals surface area (Å²) in [5, 5.41) is 17.7. The molecule has 53 heavy (non-hydrogen) atoms. The van der Waals surface area contributed by atoms with Crippen LogP contribution in [0.4, 0.5) is 0 Å². The largest absolute Gasteiger partial charge is 0.464 e. The highest BCUT2D eigenvalue weighted by Gasteiger charge is 2.40. The number of thiazole rings is 1. The Hall–Kier alpha value is -4.64. The second kappa shape index (κ2) is 15.0.